The molecule has 41 heavy (non-hydrogen) atoms. The van der Waals surface area contributed by atoms with Gasteiger partial charge in [-0.25, -0.2) is 4.79 Å². The number of halogens is 2. The topological polar surface area (TPSA) is 62.3 Å². The summed E-state index contributed by atoms with van der Waals surface area (Å²) in [6, 6.07) is 11.5. The standard InChI is InChI=1S/C32H43Cl2N3O4/c1-3-4-5-6-10-24(2)32(39)41-37-29-23-26(15-13-25(29)14-16-30(37)38)40-22-8-7-17-35-18-20-36(21-19-35)28-12-9-11-27(33)31(28)34/h9,11-13,15,23-24H,3-8,10,14,16-22H2,1-2H3. The van der Waals surface area contributed by atoms with Gasteiger partial charge in [-0.15, -0.1) is 5.06 Å². The molecule has 2 aromatic carbocycles. The lowest BCUT2D eigenvalue weighted by Gasteiger charge is -2.36. The quantitative estimate of drug-likeness (QED) is 0.211. The Hall–Kier alpha value is -2.48. The van der Waals surface area contributed by atoms with Gasteiger partial charge in [-0.1, -0.05) is 74.9 Å². The van der Waals surface area contributed by atoms with Gasteiger partial charge in [0, 0.05) is 38.7 Å². The van der Waals surface area contributed by atoms with Crippen LogP contribution < -0.4 is 14.7 Å². The molecule has 7 nitrogen and oxygen atoms in total. The van der Waals surface area contributed by atoms with Crippen LogP contribution in [-0.4, -0.2) is 56.1 Å². The van der Waals surface area contributed by atoms with Gasteiger partial charge in [-0.3, -0.25) is 9.69 Å². The molecule has 1 fully saturated rings. The summed E-state index contributed by atoms with van der Waals surface area (Å²) in [7, 11) is 0. The average Bonchev–Trinajstić information content (AvgIpc) is 2.98. The molecule has 1 saturated heterocycles. The second kappa shape index (κ2) is 15.7. The normalized spacial score (nSPS) is 16.4. The van der Waals surface area contributed by atoms with E-state index < -0.39 is 0 Å². The van der Waals surface area contributed by atoms with Crippen LogP contribution in [0.5, 0.6) is 5.75 Å². The number of piperazine rings is 1. The van der Waals surface area contributed by atoms with Crippen molar-refractivity contribution in [2.45, 2.75) is 71.6 Å². The fourth-order valence-electron chi connectivity index (χ4n) is 5.36. The molecule has 0 aliphatic carbocycles. The fourth-order valence-corrected chi connectivity index (χ4v) is 5.78. The van der Waals surface area contributed by atoms with E-state index in [4.69, 9.17) is 32.8 Å². The highest BCUT2D eigenvalue weighted by Crippen LogP contribution is 2.34. The number of amides is 1. The Balaban J connectivity index is 1.20. The molecule has 9 heteroatoms. The summed E-state index contributed by atoms with van der Waals surface area (Å²) in [5.41, 5.74) is 2.60. The van der Waals surface area contributed by atoms with Crippen molar-refractivity contribution < 1.29 is 19.2 Å². The second-order valence-corrected chi connectivity index (χ2v) is 11.9. The Labute approximate surface area is 254 Å². The molecule has 0 N–H and O–H groups in total. The first-order valence-corrected chi connectivity index (χ1v) is 15.8. The van der Waals surface area contributed by atoms with Gasteiger partial charge in [0.2, 0.25) is 0 Å². The number of ether oxygens (including phenoxy) is 1. The summed E-state index contributed by atoms with van der Waals surface area (Å²) < 4.78 is 6.04. The maximum atomic E-state index is 12.7. The third-order valence-electron chi connectivity index (χ3n) is 7.97. The van der Waals surface area contributed by atoms with Crippen molar-refractivity contribution in [2.24, 2.45) is 5.92 Å². The molecule has 0 saturated carbocycles. The number of carbonyl (C=O) groups is 2. The molecule has 2 aliphatic rings. The molecule has 2 aromatic rings. The summed E-state index contributed by atoms with van der Waals surface area (Å²) >= 11 is 12.6. The molecule has 224 valence electrons. The van der Waals surface area contributed by atoms with E-state index in [1.807, 2.05) is 43.3 Å². The zero-order valence-electron chi connectivity index (χ0n) is 24.4. The number of anilines is 2. The fraction of sp³-hybridized carbons (Fsp3) is 0.562. The number of carbonyl (C=O) groups excluding carboxylic acids is 2. The van der Waals surface area contributed by atoms with E-state index in [0.29, 0.717) is 40.9 Å². The Morgan fingerprint density at radius 2 is 1.76 bits per heavy atom. The summed E-state index contributed by atoms with van der Waals surface area (Å²) in [5.74, 6) is -0.120. The predicted molar refractivity (Wildman–Crippen MR) is 166 cm³/mol. The van der Waals surface area contributed by atoms with Crippen LogP contribution >= 0.6 is 23.2 Å². The number of aryl methyl sites for hydroxylation is 1. The third-order valence-corrected chi connectivity index (χ3v) is 8.78. The van der Waals surface area contributed by atoms with E-state index in [2.05, 4.69) is 16.7 Å². The molecule has 2 aliphatic heterocycles. The first-order valence-electron chi connectivity index (χ1n) is 15.1. The van der Waals surface area contributed by atoms with Crippen LogP contribution in [0.2, 0.25) is 10.0 Å². The molecule has 0 spiro atoms. The molecule has 2 heterocycles. The summed E-state index contributed by atoms with van der Waals surface area (Å²) in [6.07, 6.45) is 8.09. The Kier molecular flexibility index (Phi) is 12.0. The van der Waals surface area contributed by atoms with E-state index in [1.54, 1.807) is 0 Å². The molecule has 0 bridgehead atoms. The number of hydroxylamine groups is 1. The third kappa shape index (κ3) is 8.76. The van der Waals surface area contributed by atoms with Gasteiger partial charge in [-0.05, 0) is 56.0 Å². The van der Waals surface area contributed by atoms with Crippen LogP contribution in [0.4, 0.5) is 11.4 Å². The van der Waals surface area contributed by atoms with Gasteiger partial charge in [0.05, 0.1) is 33.9 Å². The Bertz CT molecular complexity index is 1170. The maximum Gasteiger partial charge on any atom is 0.335 e. The van der Waals surface area contributed by atoms with E-state index in [9.17, 15) is 9.59 Å². The SMILES string of the molecule is CCCCCCC(C)C(=O)ON1C(=O)CCc2ccc(OCCCCN3CCN(c4cccc(Cl)c4Cl)CC3)cc21. The first kappa shape index (κ1) is 31.5. The van der Waals surface area contributed by atoms with Gasteiger partial charge in [-0.2, -0.15) is 0 Å². The van der Waals surface area contributed by atoms with Crippen LogP contribution in [0.15, 0.2) is 36.4 Å². The molecule has 0 radical (unpaired) electrons. The number of benzene rings is 2. The minimum absolute atomic E-state index is 0.195. The van der Waals surface area contributed by atoms with Crippen LogP contribution in [0, 0.1) is 5.92 Å². The van der Waals surface area contributed by atoms with Crippen molar-refractivity contribution in [2.75, 3.05) is 49.3 Å². The molecule has 1 atom stereocenters. The van der Waals surface area contributed by atoms with Gasteiger partial charge >= 0.3 is 5.97 Å². The van der Waals surface area contributed by atoms with E-state index >= 15 is 0 Å². The summed E-state index contributed by atoms with van der Waals surface area (Å²) in [4.78, 5) is 35.8. The molecular weight excluding hydrogens is 561 g/mol. The Morgan fingerprint density at radius 3 is 2.54 bits per heavy atom. The zero-order chi connectivity index (χ0) is 29.2. The molecule has 4 rings (SSSR count). The highest BCUT2D eigenvalue weighted by atomic mass is 35.5. The van der Waals surface area contributed by atoms with Crippen molar-refractivity contribution >= 4 is 46.5 Å². The second-order valence-electron chi connectivity index (χ2n) is 11.1. The predicted octanol–water partition coefficient (Wildman–Crippen LogP) is 7.32. The van der Waals surface area contributed by atoms with Crippen LogP contribution in [0.25, 0.3) is 0 Å². The zero-order valence-corrected chi connectivity index (χ0v) is 25.9. The highest BCUT2D eigenvalue weighted by molar-refractivity contribution is 6.43. The maximum absolute atomic E-state index is 12.7. The van der Waals surface area contributed by atoms with Gasteiger partial charge in [0.1, 0.15) is 5.75 Å². The minimum atomic E-state index is -0.356. The number of unbranched alkanes of at least 4 members (excludes halogenated alkanes) is 4. The number of rotatable bonds is 14. The largest absolute Gasteiger partial charge is 0.494 e. The number of hydrogen-bond acceptors (Lipinski definition) is 6. The highest BCUT2D eigenvalue weighted by Gasteiger charge is 2.30. The van der Waals surface area contributed by atoms with Crippen molar-refractivity contribution in [1.29, 1.82) is 0 Å². The number of nitrogens with zero attached hydrogens (tertiary/aromatic N) is 3. The van der Waals surface area contributed by atoms with Crippen molar-refractivity contribution in [1.82, 2.24) is 4.90 Å². The molecule has 1 amide bonds. The summed E-state index contributed by atoms with van der Waals surface area (Å²) in [6.45, 7) is 9.44. The van der Waals surface area contributed by atoms with Crippen molar-refractivity contribution in [3.05, 3.63) is 52.0 Å². The minimum Gasteiger partial charge on any atom is -0.494 e. The van der Waals surface area contributed by atoms with E-state index in [1.165, 1.54) is 11.5 Å². The number of hydrogen-bond donors (Lipinski definition) is 0. The van der Waals surface area contributed by atoms with Gasteiger partial charge in [0.25, 0.3) is 5.91 Å². The van der Waals surface area contributed by atoms with Crippen LogP contribution in [-0.2, 0) is 20.8 Å². The smallest absolute Gasteiger partial charge is 0.335 e. The van der Waals surface area contributed by atoms with Gasteiger partial charge < -0.3 is 14.5 Å². The first-order chi connectivity index (χ1) is 19.9. The Morgan fingerprint density at radius 1 is 0.951 bits per heavy atom. The molecule has 1 unspecified atom stereocenters. The average molecular weight is 605 g/mol. The lowest BCUT2D eigenvalue weighted by Crippen LogP contribution is -2.46. The summed E-state index contributed by atoms with van der Waals surface area (Å²) in [5, 5.41) is 2.40. The van der Waals surface area contributed by atoms with E-state index in [0.717, 1.165) is 82.5 Å². The van der Waals surface area contributed by atoms with Crippen LogP contribution in [0.3, 0.4) is 0 Å². The van der Waals surface area contributed by atoms with Crippen molar-refractivity contribution in [3.63, 3.8) is 0 Å². The van der Waals surface area contributed by atoms with E-state index in [-0.39, 0.29) is 17.8 Å². The molecular formula is C32H43Cl2N3O4. The molecule has 0 aromatic heterocycles. The van der Waals surface area contributed by atoms with Crippen LogP contribution in [0.1, 0.15) is 70.8 Å². The van der Waals surface area contributed by atoms with Gasteiger partial charge in [0.15, 0.2) is 0 Å². The monoisotopic (exact) mass is 603 g/mol. The lowest BCUT2D eigenvalue weighted by molar-refractivity contribution is -0.154. The number of fused-ring (bicyclic) bond motifs is 1. The van der Waals surface area contributed by atoms with Crippen molar-refractivity contribution in [3.8, 4) is 5.75 Å². The lowest BCUT2D eigenvalue weighted by atomic mass is 10.0.